The SMILES string of the molecule is CC[C@](Cl)(Oc1cncc2ccccc12)c1ccccc1. The molecule has 2 aromatic carbocycles. The Labute approximate surface area is 129 Å². The first-order valence-electron chi connectivity index (χ1n) is 6.99. The maximum absolute atomic E-state index is 6.73. The van der Waals surface area contributed by atoms with Crippen LogP contribution in [0.25, 0.3) is 10.8 Å². The number of fused-ring (bicyclic) bond motifs is 1. The van der Waals surface area contributed by atoms with E-state index in [4.69, 9.17) is 16.3 Å². The van der Waals surface area contributed by atoms with Crippen molar-refractivity contribution in [3.63, 3.8) is 0 Å². The van der Waals surface area contributed by atoms with Gasteiger partial charge in [0.25, 0.3) is 0 Å². The summed E-state index contributed by atoms with van der Waals surface area (Å²) in [6, 6.07) is 17.9. The number of benzene rings is 2. The van der Waals surface area contributed by atoms with Gasteiger partial charge in [-0.15, -0.1) is 0 Å². The van der Waals surface area contributed by atoms with Gasteiger partial charge in [0, 0.05) is 29.0 Å². The van der Waals surface area contributed by atoms with Crippen LogP contribution in [0.15, 0.2) is 67.0 Å². The monoisotopic (exact) mass is 297 g/mol. The lowest BCUT2D eigenvalue weighted by Gasteiger charge is -2.28. The lowest BCUT2D eigenvalue weighted by Crippen LogP contribution is -2.25. The summed E-state index contributed by atoms with van der Waals surface area (Å²) in [5, 5.41) is 1.17. The van der Waals surface area contributed by atoms with Crippen molar-refractivity contribution < 1.29 is 4.74 Å². The number of hydrogen-bond acceptors (Lipinski definition) is 2. The molecule has 0 aliphatic carbocycles. The molecule has 0 aliphatic heterocycles. The van der Waals surface area contributed by atoms with Crippen LogP contribution in [0.5, 0.6) is 5.75 Å². The molecule has 1 heterocycles. The molecule has 0 spiro atoms. The Hall–Kier alpha value is -2.06. The molecule has 0 amide bonds. The van der Waals surface area contributed by atoms with Crippen molar-refractivity contribution in [1.82, 2.24) is 4.98 Å². The lowest BCUT2D eigenvalue weighted by atomic mass is 10.1. The molecule has 0 unspecified atom stereocenters. The van der Waals surface area contributed by atoms with Gasteiger partial charge in [0.2, 0.25) is 5.06 Å². The minimum Gasteiger partial charge on any atom is -0.465 e. The van der Waals surface area contributed by atoms with Crippen LogP contribution in [0.3, 0.4) is 0 Å². The summed E-state index contributed by atoms with van der Waals surface area (Å²) in [4.78, 5) is 4.24. The minimum absolute atomic E-state index is 0.655. The Morgan fingerprint density at radius 3 is 2.48 bits per heavy atom. The standard InChI is InChI=1S/C18H16ClNO/c1-2-18(19,15-9-4-3-5-10-15)21-17-13-20-12-14-8-6-7-11-16(14)17/h3-13H,2H2,1H3/t18-/m0/s1. The van der Waals surface area contributed by atoms with Gasteiger partial charge in [0.15, 0.2) is 0 Å². The van der Waals surface area contributed by atoms with Gasteiger partial charge in [0.1, 0.15) is 5.75 Å². The molecule has 1 aromatic heterocycles. The van der Waals surface area contributed by atoms with E-state index in [1.807, 2.05) is 67.7 Å². The molecule has 3 heteroatoms. The van der Waals surface area contributed by atoms with E-state index in [0.29, 0.717) is 12.2 Å². The van der Waals surface area contributed by atoms with Crippen molar-refractivity contribution in [2.45, 2.75) is 18.4 Å². The molecule has 21 heavy (non-hydrogen) atoms. The Morgan fingerprint density at radius 1 is 1.00 bits per heavy atom. The number of nitrogens with zero attached hydrogens (tertiary/aromatic N) is 1. The number of alkyl halides is 1. The number of rotatable bonds is 4. The molecule has 0 radical (unpaired) electrons. The van der Waals surface area contributed by atoms with Crippen molar-refractivity contribution >= 4 is 22.4 Å². The van der Waals surface area contributed by atoms with Crippen LogP contribution in [0.4, 0.5) is 0 Å². The fourth-order valence-electron chi connectivity index (χ4n) is 2.37. The maximum Gasteiger partial charge on any atom is 0.208 e. The zero-order chi connectivity index (χ0) is 14.7. The summed E-state index contributed by atoms with van der Waals surface area (Å²) in [6.07, 6.45) is 4.20. The highest BCUT2D eigenvalue weighted by atomic mass is 35.5. The first-order chi connectivity index (χ1) is 10.2. The number of ether oxygens (including phenoxy) is 1. The number of pyridine rings is 1. The quantitative estimate of drug-likeness (QED) is 0.624. The van der Waals surface area contributed by atoms with E-state index >= 15 is 0 Å². The summed E-state index contributed by atoms with van der Waals surface area (Å²) < 4.78 is 6.15. The molecule has 0 fully saturated rings. The normalized spacial score (nSPS) is 13.8. The van der Waals surface area contributed by atoms with Crippen LogP contribution in [0.2, 0.25) is 0 Å². The second kappa shape index (κ2) is 5.74. The smallest absolute Gasteiger partial charge is 0.208 e. The summed E-state index contributed by atoms with van der Waals surface area (Å²) >= 11 is 6.73. The van der Waals surface area contributed by atoms with E-state index in [1.54, 1.807) is 6.20 Å². The molecule has 0 saturated heterocycles. The van der Waals surface area contributed by atoms with Gasteiger partial charge in [-0.1, -0.05) is 73.1 Å². The van der Waals surface area contributed by atoms with Crippen LogP contribution in [0.1, 0.15) is 18.9 Å². The third kappa shape index (κ3) is 2.72. The predicted octanol–water partition coefficient (Wildman–Crippen LogP) is 5.12. The van der Waals surface area contributed by atoms with E-state index in [-0.39, 0.29) is 0 Å². The van der Waals surface area contributed by atoms with Crippen LogP contribution in [-0.4, -0.2) is 4.98 Å². The first-order valence-corrected chi connectivity index (χ1v) is 7.37. The van der Waals surface area contributed by atoms with E-state index in [2.05, 4.69) is 4.98 Å². The molecule has 0 saturated carbocycles. The fourth-order valence-corrected chi connectivity index (χ4v) is 2.58. The average molecular weight is 298 g/mol. The van der Waals surface area contributed by atoms with Crippen molar-refractivity contribution in [2.75, 3.05) is 0 Å². The average Bonchev–Trinajstić information content (AvgIpc) is 2.56. The van der Waals surface area contributed by atoms with Crippen molar-refractivity contribution in [3.8, 4) is 5.75 Å². The number of hydrogen-bond donors (Lipinski definition) is 0. The summed E-state index contributed by atoms with van der Waals surface area (Å²) in [5.74, 6) is 0.703. The zero-order valence-electron chi connectivity index (χ0n) is 11.8. The molecule has 3 aromatic rings. The Bertz CT molecular complexity index is 739. The molecule has 106 valence electrons. The number of aromatic nitrogens is 1. The Kier molecular flexibility index (Phi) is 3.80. The van der Waals surface area contributed by atoms with Crippen LogP contribution in [-0.2, 0) is 5.06 Å². The predicted molar refractivity (Wildman–Crippen MR) is 86.6 cm³/mol. The Morgan fingerprint density at radius 2 is 1.71 bits per heavy atom. The van der Waals surface area contributed by atoms with Gasteiger partial charge >= 0.3 is 0 Å². The van der Waals surface area contributed by atoms with Crippen molar-refractivity contribution in [2.24, 2.45) is 0 Å². The van der Waals surface area contributed by atoms with Crippen LogP contribution in [0, 0.1) is 0 Å². The second-order valence-electron chi connectivity index (χ2n) is 4.91. The van der Waals surface area contributed by atoms with E-state index in [1.165, 1.54) is 0 Å². The molecule has 0 N–H and O–H groups in total. The highest BCUT2D eigenvalue weighted by molar-refractivity contribution is 6.23. The number of halogens is 1. The van der Waals surface area contributed by atoms with Gasteiger partial charge in [-0.3, -0.25) is 4.98 Å². The van der Waals surface area contributed by atoms with Gasteiger partial charge in [-0.2, -0.15) is 0 Å². The molecular weight excluding hydrogens is 282 g/mol. The lowest BCUT2D eigenvalue weighted by molar-refractivity contribution is 0.155. The van der Waals surface area contributed by atoms with Gasteiger partial charge in [-0.05, 0) is 0 Å². The fraction of sp³-hybridized carbons (Fsp3) is 0.167. The topological polar surface area (TPSA) is 22.1 Å². The minimum atomic E-state index is -0.882. The largest absolute Gasteiger partial charge is 0.465 e. The van der Waals surface area contributed by atoms with Crippen molar-refractivity contribution in [1.29, 1.82) is 0 Å². The maximum atomic E-state index is 6.73. The van der Waals surface area contributed by atoms with Gasteiger partial charge in [0.05, 0.1) is 6.20 Å². The molecule has 1 atom stereocenters. The van der Waals surface area contributed by atoms with Gasteiger partial charge < -0.3 is 4.74 Å². The molecule has 0 bridgehead atoms. The summed E-state index contributed by atoms with van der Waals surface area (Å²) in [7, 11) is 0. The van der Waals surface area contributed by atoms with E-state index < -0.39 is 5.06 Å². The van der Waals surface area contributed by atoms with Gasteiger partial charge in [-0.25, -0.2) is 0 Å². The van der Waals surface area contributed by atoms with Crippen LogP contribution < -0.4 is 4.74 Å². The second-order valence-corrected chi connectivity index (χ2v) is 5.52. The third-order valence-electron chi connectivity index (χ3n) is 3.56. The van der Waals surface area contributed by atoms with Crippen LogP contribution >= 0.6 is 11.6 Å². The van der Waals surface area contributed by atoms with E-state index in [0.717, 1.165) is 16.3 Å². The molecule has 2 nitrogen and oxygen atoms in total. The summed E-state index contributed by atoms with van der Waals surface area (Å²) in [5.41, 5.74) is 0.946. The molecule has 3 rings (SSSR count). The third-order valence-corrected chi connectivity index (χ3v) is 4.13. The molecule has 0 aliphatic rings. The molecular formula is C18H16ClNO. The highest BCUT2D eigenvalue weighted by Gasteiger charge is 2.30. The Balaban J connectivity index is 2.04. The van der Waals surface area contributed by atoms with E-state index in [9.17, 15) is 0 Å². The highest BCUT2D eigenvalue weighted by Crippen LogP contribution is 2.37. The van der Waals surface area contributed by atoms with Crippen molar-refractivity contribution in [3.05, 3.63) is 72.6 Å². The summed E-state index contributed by atoms with van der Waals surface area (Å²) in [6.45, 7) is 2.01. The zero-order valence-corrected chi connectivity index (χ0v) is 12.5. The first kappa shape index (κ1) is 13.9.